The van der Waals surface area contributed by atoms with Gasteiger partial charge in [-0.05, 0) is 32.9 Å². The molecule has 0 spiro atoms. The molecule has 284 valence electrons. The van der Waals surface area contributed by atoms with Gasteiger partial charge in [0.05, 0.1) is 72.7 Å². The topological polar surface area (TPSA) is 151 Å². The molecule has 0 aromatic heterocycles. The van der Waals surface area contributed by atoms with Gasteiger partial charge in [0.25, 0.3) is 0 Å². The Morgan fingerprint density at radius 3 is 1.23 bits per heavy atom. The van der Waals surface area contributed by atoms with E-state index in [1.54, 1.807) is 0 Å². The zero-order chi connectivity index (χ0) is 35.0. The summed E-state index contributed by atoms with van der Waals surface area (Å²) in [7, 11) is 1.87. The smallest absolute Gasteiger partial charge is 0.303 e. The molecule has 0 saturated carbocycles. The Morgan fingerprint density at radius 2 is 0.812 bits per heavy atom. The standard InChI is InChI=1S/C36H70N2O10/c1-37-20-16-17-34(39)33-48-32-31-47-30-29-46-28-27-45-26-25-44-24-23-43-22-21-38-35(40)18-14-12-10-8-6-4-2-3-5-7-9-11-13-15-19-36(41)42/h37H,2-33H2,1H3,(H,38,40)(H,41,42). The Hall–Kier alpha value is -1.67. The summed E-state index contributed by atoms with van der Waals surface area (Å²) in [4.78, 5) is 34.0. The summed E-state index contributed by atoms with van der Waals surface area (Å²) in [5, 5.41) is 14.6. The van der Waals surface area contributed by atoms with E-state index in [2.05, 4.69) is 10.6 Å². The van der Waals surface area contributed by atoms with Crippen molar-refractivity contribution in [3.05, 3.63) is 0 Å². The number of hydrogen-bond donors (Lipinski definition) is 3. The Bertz CT molecular complexity index is 714. The number of carboxylic acids is 1. The first-order valence-electron chi connectivity index (χ1n) is 18.7. The van der Waals surface area contributed by atoms with Crippen molar-refractivity contribution in [3.63, 3.8) is 0 Å². The molecule has 0 aromatic carbocycles. The first-order valence-corrected chi connectivity index (χ1v) is 18.7. The Labute approximate surface area is 291 Å². The van der Waals surface area contributed by atoms with Crippen LogP contribution in [0.3, 0.4) is 0 Å². The van der Waals surface area contributed by atoms with Gasteiger partial charge in [-0.3, -0.25) is 14.4 Å². The van der Waals surface area contributed by atoms with Gasteiger partial charge in [0.15, 0.2) is 5.78 Å². The molecule has 0 rings (SSSR count). The number of ketones is 1. The normalized spacial score (nSPS) is 11.3. The number of carboxylic acid groups (broad SMARTS) is 1. The van der Waals surface area contributed by atoms with Crippen LogP contribution < -0.4 is 10.6 Å². The van der Waals surface area contributed by atoms with Crippen LogP contribution in [-0.4, -0.2) is 122 Å². The molecule has 48 heavy (non-hydrogen) atoms. The van der Waals surface area contributed by atoms with Crippen LogP contribution >= 0.6 is 0 Å². The molecular weight excluding hydrogens is 620 g/mol. The third kappa shape index (κ3) is 40.5. The van der Waals surface area contributed by atoms with E-state index in [9.17, 15) is 14.4 Å². The van der Waals surface area contributed by atoms with Crippen LogP contribution in [0, 0.1) is 0 Å². The summed E-state index contributed by atoms with van der Waals surface area (Å²) >= 11 is 0. The molecule has 12 heteroatoms. The predicted molar refractivity (Wildman–Crippen MR) is 188 cm³/mol. The minimum atomic E-state index is -0.684. The minimum Gasteiger partial charge on any atom is -0.481 e. The van der Waals surface area contributed by atoms with E-state index in [0.29, 0.717) is 98.5 Å². The number of nitrogens with one attached hydrogen (secondary N) is 2. The molecule has 0 aromatic rings. The van der Waals surface area contributed by atoms with E-state index in [-0.39, 0.29) is 18.3 Å². The van der Waals surface area contributed by atoms with E-state index < -0.39 is 5.97 Å². The number of rotatable bonds is 41. The maximum atomic E-state index is 12.0. The van der Waals surface area contributed by atoms with Crippen LogP contribution in [0.2, 0.25) is 0 Å². The second kappa shape index (κ2) is 39.8. The molecule has 1 amide bonds. The Morgan fingerprint density at radius 1 is 0.438 bits per heavy atom. The van der Waals surface area contributed by atoms with Gasteiger partial charge in [-0.15, -0.1) is 0 Å². The first-order chi connectivity index (χ1) is 23.6. The molecule has 0 unspecified atom stereocenters. The fourth-order valence-electron chi connectivity index (χ4n) is 4.85. The van der Waals surface area contributed by atoms with E-state index in [4.69, 9.17) is 33.5 Å². The highest BCUT2D eigenvalue weighted by Gasteiger charge is 2.03. The molecule has 12 nitrogen and oxygen atoms in total. The summed E-state index contributed by atoms with van der Waals surface area (Å²) < 4.78 is 32.6. The van der Waals surface area contributed by atoms with Crippen molar-refractivity contribution in [2.75, 3.05) is 99.4 Å². The highest BCUT2D eigenvalue weighted by atomic mass is 16.6. The zero-order valence-electron chi connectivity index (χ0n) is 30.2. The number of aliphatic carboxylic acids is 1. The van der Waals surface area contributed by atoms with Gasteiger partial charge in [0.1, 0.15) is 6.61 Å². The summed E-state index contributed by atoms with van der Waals surface area (Å²) in [5.41, 5.74) is 0. The van der Waals surface area contributed by atoms with Crippen molar-refractivity contribution in [1.82, 2.24) is 10.6 Å². The quantitative estimate of drug-likeness (QED) is 0.0736. The number of carbonyl (C=O) groups excluding carboxylic acids is 2. The van der Waals surface area contributed by atoms with E-state index >= 15 is 0 Å². The summed E-state index contributed by atoms with van der Waals surface area (Å²) in [5.74, 6) is -0.476. The van der Waals surface area contributed by atoms with E-state index in [0.717, 1.165) is 45.1 Å². The molecule has 0 bridgehead atoms. The molecule has 0 saturated heterocycles. The number of unbranched alkanes of at least 4 members (excludes halogenated alkanes) is 13. The number of Topliss-reactive ketones (excluding diaryl/α,β-unsaturated/α-hetero) is 1. The van der Waals surface area contributed by atoms with Crippen LogP contribution in [0.1, 0.15) is 116 Å². The predicted octanol–water partition coefficient (Wildman–Crippen LogP) is 5.10. The molecule has 3 N–H and O–H groups in total. The third-order valence-electron chi connectivity index (χ3n) is 7.62. The lowest BCUT2D eigenvalue weighted by molar-refractivity contribution is -0.137. The summed E-state index contributed by atoms with van der Waals surface area (Å²) in [6.07, 6.45) is 18.7. The van der Waals surface area contributed by atoms with Gasteiger partial charge in [-0.1, -0.05) is 77.0 Å². The number of amides is 1. The number of hydrogen-bond acceptors (Lipinski definition) is 10. The highest BCUT2D eigenvalue weighted by molar-refractivity contribution is 5.79. The SMILES string of the molecule is CNCCCC(=O)COCCOCCOCCOCCOCCOCCNC(=O)CCCCCCCCCCCCCCCCC(=O)O. The monoisotopic (exact) mass is 691 g/mol. The van der Waals surface area contributed by atoms with Crippen molar-refractivity contribution >= 4 is 17.7 Å². The second-order valence-electron chi connectivity index (χ2n) is 12.1. The Kier molecular flexibility index (Phi) is 38.4. The fraction of sp³-hybridized carbons (Fsp3) is 0.917. The van der Waals surface area contributed by atoms with Crippen LogP contribution in [0.15, 0.2) is 0 Å². The number of ether oxygens (including phenoxy) is 6. The minimum absolute atomic E-state index is 0.0935. The summed E-state index contributed by atoms with van der Waals surface area (Å²) in [6.45, 7) is 6.66. The van der Waals surface area contributed by atoms with Gasteiger partial charge in [-0.2, -0.15) is 0 Å². The molecule has 0 aliphatic heterocycles. The maximum absolute atomic E-state index is 12.0. The molecule has 0 heterocycles. The van der Waals surface area contributed by atoms with E-state index in [1.165, 1.54) is 57.8 Å². The van der Waals surface area contributed by atoms with Crippen LogP contribution in [0.25, 0.3) is 0 Å². The molecule has 0 fully saturated rings. The van der Waals surface area contributed by atoms with Crippen molar-refractivity contribution < 1.29 is 47.9 Å². The van der Waals surface area contributed by atoms with Gasteiger partial charge < -0.3 is 44.2 Å². The molecule has 0 aliphatic rings. The van der Waals surface area contributed by atoms with E-state index in [1.807, 2.05) is 7.05 Å². The highest BCUT2D eigenvalue weighted by Crippen LogP contribution is 2.13. The summed E-state index contributed by atoms with van der Waals surface area (Å²) in [6, 6.07) is 0. The number of carbonyl (C=O) groups is 3. The molecular formula is C36H70N2O10. The average molecular weight is 691 g/mol. The molecule has 0 atom stereocenters. The lowest BCUT2D eigenvalue weighted by atomic mass is 10.0. The van der Waals surface area contributed by atoms with Crippen molar-refractivity contribution in [1.29, 1.82) is 0 Å². The van der Waals surface area contributed by atoms with Crippen LogP contribution in [-0.2, 0) is 42.8 Å². The van der Waals surface area contributed by atoms with Gasteiger partial charge >= 0.3 is 5.97 Å². The van der Waals surface area contributed by atoms with Crippen molar-refractivity contribution in [3.8, 4) is 0 Å². The lowest BCUT2D eigenvalue weighted by Gasteiger charge is -2.09. The van der Waals surface area contributed by atoms with Gasteiger partial charge in [0, 0.05) is 25.8 Å². The van der Waals surface area contributed by atoms with Crippen LogP contribution in [0.5, 0.6) is 0 Å². The first kappa shape index (κ1) is 46.3. The molecule has 0 radical (unpaired) electrons. The largest absolute Gasteiger partial charge is 0.481 e. The lowest BCUT2D eigenvalue weighted by Crippen LogP contribution is -2.27. The third-order valence-corrected chi connectivity index (χ3v) is 7.62. The fourth-order valence-corrected chi connectivity index (χ4v) is 4.85. The van der Waals surface area contributed by atoms with Crippen molar-refractivity contribution in [2.45, 2.75) is 116 Å². The van der Waals surface area contributed by atoms with Gasteiger partial charge in [0.2, 0.25) is 5.91 Å². The average Bonchev–Trinajstić information content (AvgIpc) is 3.07. The zero-order valence-corrected chi connectivity index (χ0v) is 30.2. The maximum Gasteiger partial charge on any atom is 0.303 e. The second-order valence-corrected chi connectivity index (χ2v) is 12.1. The van der Waals surface area contributed by atoms with Gasteiger partial charge in [-0.25, -0.2) is 0 Å². The van der Waals surface area contributed by atoms with Crippen LogP contribution in [0.4, 0.5) is 0 Å². The Balaban J connectivity index is 3.18. The van der Waals surface area contributed by atoms with Crippen molar-refractivity contribution in [2.24, 2.45) is 0 Å². The molecule has 0 aliphatic carbocycles.